The highest BCUT2D eigenvalue weighted by Gasteiger charge is 2.34. The average Bonchev–Trinajstić information content (AvgIpc) is 3.38. The number of rotatable bonds is 6. The zero-order valence-electron chi connectivity index (χ0n) is 18.8. The van der Waals surface area contributed by atoms with Gasteiger partial charge in [0.25, 0.3) is 0 Å². The fraction of sp³-hybridized carbons (Fsp3) is 0.185. The van der Waals surface area contributed by atoms with Crippen LogP contribution in [0.25, 0.3) is 22.0 Å². The van der Waals surface area contributed by atoms with Crippen LogP contribution in [0.5, 0.6) is 0 Å². The van der Waals surface area contributed by atoms with Crippen LogP contribution < -0.4 is 5.32 Å². The topological polar surface area (TPSA) is 80.6 Å². The summed E-state index contributed by atoms with van der Waals surface area (Å²) in [7, 11) is 0. The van der Waals surface area contributed by atoms with Crippen molar-refractivity contribution in [2.75, 3.05) is 6.61 Å². The van der Waals surface area contributed by atoms with Crippen molar-refractivity contribution in [2.45, 2.75) is 24.7 Å². The van der Waals surface area contributed by atoms with Crippen molar-refractivity contribution in [3.8, 4) is 11.1 Å². The van der Waals surface area contributed by atoms with E-state index in [9.17, 15) is 27.9 Å². The van der Waals surface area contributed by atoms with Crippen molar-refractivity contribution >= 4 is 23.0 Å². The molecule has 9 heteroatoms. The minimum atomic E-state index is -4.67. The van der Waals surface area contributed by atoms with E-state index in [0.29, 0.717) is 0 Å². The number of hydrogen-bond acceptors (Lipinski definition) is 3. The number of carbonyl (C=O) groups is 2. The number of aromatic nitrogens is 1. The number of alkyl halides is 3. The van der Waals surface area contributed by atoms with Gasteiger partial charge in [0.1, 0.15) is 12.6 Å². The van der Waals surface area contributed by atoms with Gasteiger partial charge in [-0.3, -0.25) is 4.57 Å². The summed E-state index contributed by atoms with van der Waals surface area (Å²) < 4.78 is 45.9. The molecule has 1 atom stereocenters. The van der Waals surface area contributed by atoms with E-state index in [1.807, 2.05) is 48.5 Å². The van der Waals surface area contributed by atoms with E-state index in [1.165, 1.54) is 18.2 Å². The van der Waals surface area contributed by atoms with Gasteiger partial charge in [0, 0.05) is 23.9 Å². The van der Waals surface area contributed by atoms with Crippen LogP contribution in [0.4, 0.5) is 18.0 Å². The number of alkyl carbamates (subject to hydrolysis) is 1. The zero-order valence-corrected chi connectivity index (χ0v) is 18.8. The first kappa shape index (κ1) is 23.5. The number of nitrogens with one attached hydrogen (secondary N) is 1. The summed E-state index contributed by atoms with van der Waals surface area (Å²) in [4.78, 5) is 24.4. The van der Waals surface area contributed by atoms with Gasteiger partial charge >= 0.3 is 18.4 Å². The highest BCUT2D eigenvalue weighted by Crippen LogP contribution is 2.44. The molecule has 4 aromatic rings. The second kappa shape index (κ2) is 9.07. The second-order valence-corrected chi connectivity index (χ2v) is 8.57. The first-order valence-corrected chi connectivity index (χ1v) is 11.2. The summed E-state index contributed by atoms with van der Waals surface area (Å²) in [5.74, 6) is -1.59. The van der Waals surface area contributed by atoms with Crippen LogP contribution in [0.15, 0.2) is 79.0 Å². The monoisotopic (exact) mass is 494 g/mol. The van der Waals surface area contributed by atoms with Crippen molar-refractivity contribution in [2.24, 2.45) is 0 Å². The van der Waals surface area contributed by atoms with E-state index in [0.717, 1.165) is 28.5 Å². The van der Waals surface area contributed by atoms with Crippen molar-refractivity contribution in [1.29, 1.82) is 0 Å². The van der Waals surface area contributed by atoms with Crippen LogP contribution in [-0.2, 0) is 22.3 Å². The molecule has 2 N–H and O–H groups in total. The molecule has 0 unspecified atom stereocenters. The first-order chi connectivity index (χ1) is 17.2. The number of nitrogens with zero attached hydrogens (tertiary/aromatic N) is 1. The Balaban J connectivity index is 1.32. The summed E-state index contributed by atoms with van der Waals surface area (Å²) in [5, 5.41) is 12.2. The molecule has 1 amide bonds. The third kappa shape index (κ3) is 4.28. The van der Waals surface area contributed by atoms with Crippen LogP contribution in [0, 0.1) is 0 Å². The Hall–Kier alpha value is -4.27. The third-order valence-corrected chi connectivity index (χ3v) is 6.43. The fourth-order valence-corrected chi connectivity index (χ4v) is 4.82. The Labute approximate surface area is 203 Å². The molecule has 1 heterocycles. The Bertz CT molecular complexity index is 1420. The number of carboxylic acid groups (broad SMARTS) is 1. The summed E-state index contributed by atoms with van der Waals surface area (Å²) >= 11 is 0. The zero-order chi connectivity index (χ0) is 25.4. The van der Waals surface area contributed by atoms with Gasteiger partial charge in [-0.15, -0.1) is 13.2 Å². The van der Waals surface area contributed by atoms with E-state index in [1.54, 1.807) is 6.07 Å². The molecule has 0 radical (unpaired) electrons. The lowest BCUT2D eigenvalue weighted by Crippen LogP contribution is -2.42. The maximum absolute atomic E-state index is 13.5. The highest BCUT2D eigenvalue weighted by atomic mass is 19.4. The number of ether oxygens (including phenoxy) is 1. The number of hydrogen-bond donors (Lipinski definition) is 2. The van der Waals surface area contributed by atoms with Gasteiger partial charge < -0.3 is 15.2 Å². The van der Waals surface area contributed by atoms with E-state index >= 15 is 0 Å². The van der Waals surface area contributed by atoms with Crippen molar-refractivity contribution in [3.63, 3.8) is 0 Å². The minimum Gasteiger partial charge on any atom is -0.480 e. The Kier molecular flexibility index (Phi) is 5.91. The van der Waals surface area contributed by atoms with Gasteiger partial charge in [0.2, 0.25) is 0 Å². The maximum Gasteiger partial charge on any atom is 0.488 e. The molecular weight excluding hydrogens is 473 g/mol. The van der Waals surface area contributed by atoms with Gasteiger partial charge in [0.05, 0.1) is 5.52 Å². The summed E-state index contributed by atoms with van der Waals surface area (Å²) in [6.45, 7) is -0.0143. The number of carbonyl (C=O) groups excluding carboxylic acids is 1. The molecule has 0 aliphatic heterocycles. The molecule has 0 bridgehead atoms. The molecule has 0 fully saturated rings. The molecule has 1 aromatic heterocycles. The van der Waals surface area contributed by atoms with Gasteiger partial charge in [-0.1, -0.05) is 66.7 Å². The summed E-state index contributed by atoms with van der Waals surface area (Å²) in [5.41, 5.74) is 4.15. The molecule has 1 aliphatic carbocycles. The van der Waals surface area contributed by atoms with E-state index in [4.69, 9.17) is 4.74 Å². The molecule has 1 aliphatic rings. The van der Waals surface area contributed by atoms with Gasteiger partial charge in [-0.25, -0.2) is 9.59 Å². The predicted molar refractivity (Wildman–Crippen MR) is 127 cm³/mol. The van der Waals surface area contributed by atoms with Crippen LogP contribution in [0.3, 0.4) is 0 Å². The van der Waals surface area contributed by atoms with Crippen molar-refractivity contribution < 1.29 is 32.6 Å². The highest BCUT2D eigenvalue weighted by molar-refractivity contribution is 5.86. The SMILES string of the molecule is O=C(N[C@@H](Cc1cn(C(F)(F)F)c2ccccc12)C(=O)O)OCC1c2ccccc2-c2ccccc21. The number of fused-ring (bicyclic) bond motifs is 4. The average molecular weight is 494 g/mol. The van der Waals surface area contributed by atoms with Crippen LogP contribution in [-0.4, -0.2) is 34.4 Å². The van der Waals surface area contributed by atoms with Crippen LogP contribution in [0.1, 0.15) is 22.6 Å². The normalized spacial score (nSPS) is 13.8. The molecule has 6 nitrogen and oxygen atoms in total. The summed E-state index contributed by atoms with van der Waals surface area (Å²) in [6, 6.07) is 19.9. The lowest BCUT2D eigenvalue weighted by molar-refractivity contribution is -0.200. The van der Waals surface area contributed by atoms with E-state index in [2.05, 4.69) is 5.32 Å². The molecule has 36 heavy (non-hydrogen) atoms. The lowest BCUT2D eigenvalue weighted by atomic mass is 9.98. The minimum absolute atomic E-state index is 0.0143. The molecule has 0 spiro atoms. The number of aliphatic carboxylic acids is 1. The van der Waals surface area contributed by atoms with Gasteiger partial charge in [0.15, 0.2) is 0 Å². The van der Waals surface area contributed by atoms with Gasteiger partial charge in [-0.05, 0) is 33.9 Å². The number of carboxylic acids is 1. The number of halogens is 3. The first-order valence-electron chi connectivity index (χ1n) is 11.2. The molecule has 0 saturated heterocycles. The van der Waals surface area contributed by atoms with Crippen molar-refractivity contribution in [1.82, 2.24) is 9.88 Å². The molecule has 5 rings (SSSR count). The standard InChI is InChI=1S/C27H21F3N2O4/c28-27(29,30)32-14-16(17-7-5-6-12-24(17)32)13-23(25(33)34)31-26(35)36-15-22-20-10-3-1-8-18(20)19-9-2-4-11-21(19)22/h1-12,14,22-23H,13,15H2,(H,31,35)(H,33,34)/t23-/m0/s1. The quantitative estimate of drug-likeness (QED) is 0.363. The molecule has 3 aromatic carbocycles. The van der Waals surface area contributed by atoms with Gasteiger partial charge in [-0.2, -0.15) is 0 Å². The Morgan fingerprint density at radius 1 is 0.944 bits per heavy atom. The third-order valence-electron chi connectivity index (χ3n) is 6.43. The summed E-state index contributed by atoms with van der Waals surface area (Å²) in [6.07, 6.45) is -5.11. The number of amides is 1. The Morgan fingerprint density at radius 2 is 1.53 bits per heavy atom. The molecular formula is C27H21F3N2O4. The van der Waals surface area contributed by atoms with Crippen molar-refractivity contribution in [3.05, 3.63) is 95.7 Å². The molecule has 184 valence electrons. The van der Waals surface area contributed by atoms with E-state index in [-0.39, 0.29) is 40.0 Å². The fourth-order valence-electron chi connectivity index (χ4n) is 4.82. The largest absolute Gasteiger partial charge is 0.488 e. The smallest absolute Gasteiger partial charge is 0.480 e. The Morgan fingerprint density at radius 3 is 2.14 bits per heavy atom. The second-order valence-electron chi connectivity index (χ2n) is 8.57. The predicted octanol–water partition coefficient (Wildman–Crippen LogP) is 5.65. The number of para-hydroxylation sites is 1. The van der Waals surface area contributed by atoms with Crippen LogP contribution in [0.2, 0.25) is 0 Å². The van der Waals surface area contributed by atoms with Crippen LogP contribution >= 0.6 is 0 Å². The molecule has 0 saturated carbocycles. The van der Waals surface area contributed by atoms with E-state index < -0.39 is 24.4 Å². The lowest BCUT2D eigenvalue weighted by Gasteiger charge is -2.17. The maximum atomic E-state index is 13.5. The number of benzene rings is 3.